The van der Waals surface area contributed by atoms with Crippen LogP contribution in [0, 0.1) is 0 Å². The zero-order valence-electron chi connectivity index (χ0n) is 11.9. The van der Waals surface area contributed by atoms with Crippen molar-refractivity contribution in [1.82, 2.24) is 4.31 Å². The van der Waals surface area contributed by atoms with E-state index in [1.807, 2.05) is 0 Å². The molecule has 11 heteroatoms. The number of likely N-dealkylation sites (N-methyl/N-ethyl adjacent to an activating group) is 1. The molecule has 1 aromatic carbocycles. The van der Waals surface area contributed by atoms with Gasteiger partial charge in [-0.15, -0.1) is 11.3 Å². The fourth-order valence-corrected chi connectivity index (χ4v) is 5.33. The average Bonchev–Trinajstić information content (AvgIpc) is 2.90. The highest BCUT2D eigenvalue weighted by Crippen LogP contribution is 2.36. The summed E-state index contributed by atoms with van der Waals surface area (Å²) in [5.74, 6) is -0.937. The van der Waals surface area contributed by atoms with Gasteiger partial charge in [-0.1, -0.05) is 46.4 Å². The van der Waals surface area contributed by atoms with Crippen molar-refractivity contribution < 1.29 is 17.9 Å². The second-order valence-corrected chi connectivity index (χ2v) is 9.73. The highest BCUT2D eigenvalue weighted by molar-refractivity contribution is 7.91. The lowest BCUT2D eigenvalue weighted by molar-refractivity contribution is -0.134. The number of halogens is 4. The molecule has 0 bridgehead atoms. The van der Waals surface area contributed by atoms with Gasteiger partial charge < -0.3 is 4.74 Å². The summed E-state index contributed by atoms with van der Waals surface area (Å²) in [6, 6.07) is 5.52. The molecule has 0 saturated carbocycles. The van der Waals surface area contributed by atoms with Crippen LogP contribution in [0.3, 0.4) is 0 Å². The summed E-state index contributed by atoms with van der Waals surface area (Å²) in [5, 5.41) is 0.354. The molecule has 2 aromatic rings. The molecule has 5 nitrogen and oxygen atoms in total. The van der Waals surface area contributed by atoms with Crippen LogP contribution in [0.25, 0.3) is 0 Å². The van der Waals surface area contributed by atoms with Crippen LogP contribution in [0.5, 0.6) is 5.75 Å². The molecule has 0 aliphatic rings. The fraction of sp³-hybridized carbons (Fsp3) is 0.154. The second kappa shape index (κ2) is 7.78. The van der Waals surface area contributed by atoms with Crippen molar-refractivity contribution in [1.29, 1.82) is 0 Å². The summed E-state index contributed by atoms with van der Waals surface area (Å²) in [6.07, 6.45) is 0. The van der Waals surface area contributed by atoms with E-state index >= 15 is 0 Å². The van der Waals surface area contributed by atoms with E-state index in [0.29, 0.717) is 4.34 Å². The van der Waals surface area contributed by atoms with E-state index in [0.717, 1.165) is 15.6 Å². The van der Waals surface area contributed by atoms with Crippen LogP contribution < -0.4 is 4.74 Å². The van der Waals surface area contributed by atoms with Gasteiger partial charge in [-0.2, -0.15) is 4.31 Å². The maximum atomic E-state index is 12.3. The molecule has 0 atom stereocenters. The number of rotatable bonds is 5. The Labute approximate surface area is 162 Å². The van der Waals surface area contributed by atoms with Gasteiger partial charge in [0.1, 0.15) is 10.8 Å². The Kier molecular flexibility index (Phi) is 6.41. The third-order valence-corrected chi connectivity index (χ3v) is 7.03. The number of sulfonamides is 1. The monoisotopic (exact) mass is 447 g/mol. The molecule has 0 radical (unpaired) electrons. The molecule has 0 aliphatic carbocycles. The molecule has 2 rings (SSSR count). The Morgan fingerprint density at radius 3 is 2.25 bits per heavy atom. The molecule has 0 saturated heterocycles. The van der Waals surface area contributed by atoms with Gasteiger partial charge in [0.25, 0.3) is 10.0 Å². The second-order valence-electron chi connectivity index (χ2n) is 4.49. The predicted molar refractivity (Wildman–Crippen MR) is 96.3 cm³/mol. The minimum Gasteiger partial charge on any atom is -0.422 e. The molecule has 0 unspecified atom stereocenters. The standard InChI is InChI=1S/C13H9Cl4NO4S2/c1-18(24(20,21)12-3-2-10(17)23-12)6-11(19)22-13-8(15)4-7(14)5-9(13)16/h2-5H,6H2,1H3. The Hall–Kier alpha value is -0.540. The minimum absolute atomic E-state index is 0.0188. The third-order valence-electron chi connectivity index (χ3n) is 2.74. The molecule has 0 N–H and O–H groups in total. The molecule has 0 amide bonds. The number of hydrogen-bond acceptors (Lipinski definition) is 5. The van der Waals surface area contributed by atoms with E-state index < -0.39 is 22.5 Å². The molecule has 130 valence electrons. The Bertz CT molecular complexity index is 859. The van der Waals surface area contributed by atoms with Crippen LogP contribution in [-0.4, -0.2) is 32.3 Å². The molecule has 0 spiro atoms. The Morgan fingerprint density at radius 1 is 1.17 bits per heavy atom. The van der Waals surface area contributed by atoms with Crippen molar-refractivity contribution in [3.63, 3.8) is 0 Å². The molecule has 24 heavy (non-hydrogen) atoms. The lowest BCUT2D eigenvalue weighted by Crippen LogP contribution is -2.33. The zero-order valence-corrected chi connectivity index (χ0v) is 16.6. The highest BCUT2D eigenvalue weighted by Gasteiger charge is 2.26. The van der Waals surface area contributed by atoms with E-state index in [1.165, 1.54) is 31.3 Å². The number of ether oxygens (including phenoxy) is 1. The fourth-order valence-electron chi connectivity index (χ4n) is 1.63. The zero-order chi connectivity index (χ0) is 18.1. The van der Waals surface area contributed by atoms with E-state index in [4.69, 9.17) is 51.1 Å². The first-order valence-corrected chi connectivity index (χ1v) is 9.95. The van der Waals surface area contributed by atoms with Gasteiger partial charge in [0.15, 0.2) is 5.75 Å². The van der Waals surface area contributed by atoms with Crippen LogP contribution in [0.2, 0.25) is 19.4 Å². The van der Waals surface area contributed by atoms with E-state index in [-0.39, 0.29) is 25.0 Å². The van der Waals surface area contributed by atoms with E-state index in [1.54, 1.807) is 0 Å². The number of carbonyl (C=O) groups is 1. The first-order chi connectivity index (χ1) is 11.1. The molecule has 0 aliphatic heterocycles. The summed E-state index contributed by atoms with van der Waals surface area (Å²) in [4.78, 5) is 12.0. The van der Waals surface area contributed by atoms with Crippen LogP contribution in [0.4, 0.5) is 0 Å². The quantitative estimate of drug-likeness (QED) is 0.495. The summed E-state index contributed by atoms with van der Waals surface area (Å²) < 4.78 is 30.9. The van der Waals surface area contributed by atoms with Gasteiger partial charge in [0, 0.05) is 12.1 Å². The number of carbonyl (C=O) groups excluding carboxylic acids is 1. The number of benzene rings is 1. The molecular formula is C13H9Cl4NO4S2. The first-order valence-electron chi connectivity index (χ1n) is 6.18. The lowest BCUT2D eigenvalue weighted by Gasteiger charge is -2.15. The van der Waals surface area contributed by atoms with Gasteiger partial charge in [-0.3, -0.25) is 4.79 Å². The maximum Gasteiger partial charge on any atom is 0.326 e. The molecular weight excluding hydrogens is 440 g/mol. The van der Waals surface area contributed by atoms with Gasteiger partial charge >= 0.3 is 5.97 Å². The average molecular weight is 449 g/mol. The van der Waals surface area contributed by atoms with E-state index in [9.17, 15) is 13.2 Å². The Morgan fingerprint density at radius 2 is 1.75 bits per heavy atom. The lowest BCUT2D eigenvalue weighted by atomic mass is 10.3. The van der Waals surface area contributed by atoms with Crippen molar-refractivity contribution in [2.75, 3.05) is 13.6 Å². The van der Waals surface area contributed by atoms with Gasteiger partial charge in [-0.25, -0.2) is 8.42 Å². The van der Waals surface area contributed by atoms with Crippen molar-refractivity contribution in [2.24, 2.45) is 0 Å². The Balaban J connectivity index is 2.13. The van der Waals surface area contributed by atoms with Gasteiger partial charge in [0.05, 0.1) is 14.4 Å². The number of esters is 1. The first kappa shape index (κ1) is 19.8. The summed E-state index contributed by atoms with van der Waals surface area (Å²) >= 11 is 24.2. The highest BCUT2D eigenvalue weighted by atomic mass is 35.5. The molecule has 1 aromatic heterocycles. The summed E-state index contributed by atoms with van der Waals surface area (Å²) in [5.41, 5.74) is 0. The predicted octanol–water partition coefficient (Wildman–Crippen LogP) is 4.59. The topological polar surface area (TPSA) is 63.7 Å². The van der Waals surface area contributed by atoms with Crippen molar-refractivity contribution in [3.8, 4) is 5.75 Å². The van der Waals surface area contributed by atoms with Crippen molar-refractivity contribution in [3.05, 3.63) is 43.7 Å². The summed E-state index contributed by atoms with van der Waals surface area (Å²) in [6.45, 7) is -0.535. The maximum absolute atomic E-state index is 12.3. The van der Waals surface area contributed by atoms with Gasteiger partial charge in [-0.05, 0) is 24.3 Å². The van der Waals surface area contributed by atoms with Crippen LogP contribution >= 0.6 is 57.7 Å². The van der Waals surface area contributed by atoms with Crippen molar-refractivity contribution in [2.45, 2.75) is 4.21 Å². The molecule has 1 heterocycles. The largest absolute Gasteiger partial charge is 0.422 e. The summed E-state index contributed by atoms with van der Waals surface area (Å²) in [7, 11) is -2.61. The number of thiophene rings is 1. The normalized spacial score (nSPS) is 11.8. The van der Waals surface area contributed by atoms with Crippen LogP contribution in [0.15, 0.2) is 28.5 Å². The van der Waals surface area contributed by atoms with E-state index in [2.05, 4.69) is 0 Å². The number of nitrogens with zero attached hydrogens (tertiary/aromatic N) is 1. The SMILES string of the molecule is CN(CC(=O)Oc1c(Cl)cc(Cl)cc1Cl)S(=O)(=O)c1ccc(Cl)s1. The van der Waals surface area contributed by atoms with Crippen LogP contribution in [0.1, 0.15) is 0 Å². The minimum atomic E-state index is -3.85. The van der Waals surface area contributed by atoms with Crippen molar-refractivity contribution >= 4 is 73.7 Å². The van der Waals surface area contributed by atoms with Gasteiger partial charge in [0.2, 0.25) is 0 Å². The molecule has 0 fully saturated rings. The third kappa shape index (κ3) is 4.54. The smallest absolute Gasteiger partial charge is 0.326 e. The van der Waals surface area contributed by atoms with Crippen LogP contribution in [-0.2, 0) is 14.8 Å². The number of hydrogen-bond donors (Lipinski definition) is 0.